The molecule has 2 spiro atoms. The number of hydrogen-bond acceptors (Lipinski definition) is 17. The van der Waals surface area contributed by atoms with Crippen molar-refractivity contribution >= 4 is 71.0 Å². The van der Waals surface area contributed by atoms with Crippen molar-refractivity contribution in [2.75, 3.05) is 38.2 Å². The number of ether oxygens (including phenoxy) is 6. The van der Waals surface area contributed by atoms with Crippen molar-refractivity contribution < 1.29 is 81.2 Å². The van der Waals surface area contributed by atoms with Crippen LogP contribution in [-0.4, -0.2) is 145 Å². The zero-order valence-corrected chi connectivity index (χ0v) is 51.9. The normalized spacial score (nSPS) is 28.2. The fraction of sp³-hybridized carbons (Fsp3) is 0.609. The lowest BCUT2D eigenvalue weighted by atomic mass is 9.51. The van der Waals surface area contributed by atoms with Crippen LogP contribution < -0.4 is 32.3 Å². The summed E-state index contributed by atoms with van der Waals surface area (Å²) >= 11 is 0. The lowest BCUT2D eigenvalue weighted by Gasteiger charge is -2.58. The van der Waals surface area contributed by atoms with Crippen LogP contribution in [0.25, 0.3) is 0 Å². The number of anilines is 1. The molecule has 7 unspecified atom stereocenters. The Bertz CT molecular complexity index is 2930. The van der Waals surface area contributed by atoms with Crippen molar-refractivity contribution in [2.24, 2.45) is 39.7 Å². The Balaban J connectivity index is 0.975. The van der Waals surface area contributed by atoms with E-state index in [0.717, 1.165) is 16.5 Å². The molecule has 7 rings (SSSR count). The molecule has 480 valence electrons. The number of primary amides is 1. The van der Waals surface area contributed by atoms with Gasteiger partial charge in [0.15, 0.2) is 0 Å². The lowest BCUT2D eigenvalue weighted by molar-refractivity contribution is -0.233. The number of urea groups is 1. The summed E-state index contributed by atoms with van der Waals surface area (Å²) in [5, 5.41) is 13.8. The molecule has 1 aromatic rings. The quantitative estimate of drug-likeness (QED) is 0.0206. The number of nitrogens with one attached hydrogen (secondary N) is 5. The second-order valence-electron chi connectivity index (χ2n) is 25.2. The zero-order chi connectivity index (χ0) is 64.3. The van der Waals surface area contributed by atoms with Crippen molar-refractivity contribution in [1.29, 1.82) is 0 Å². The molecule has 6 aliphatic rings. The van der Waals surface area contributed by atoms with Gasteiger partial charge in [-0.05, 0) is 94.7 Å². The summed E-state index contributed by atoms with van der Waals surface area (Å²) in [5.74, 6) is -7.81. The van der Waals surface area contributed by atoms with Crippen molar-refractivity contribution in [2.45, 2.75) is 181 Å². The topological polar surface area (TPSA) is 336 Å². The summed E-state index contributed by atoms with van der Waals surface area (Å²) in [4.78, 5) is 146. The van der Waals surface area contributed by atoms with Gasteiger partial charge in [-0.1, -0.05) is 90.8 Å². The number of allylic oxidation sites excluding steroid dienone is 3. The number of imide groups is 1. The van der Waals surface area contributed by atoms with Crippen molar-refractivity contribution in [3.8, 4) is 0 Å². The Morgan fingerprint density at radius 1 is 0.830 bits per heavy atom. The smallest absolute Gasteiger partial charge is 0.331 e. The number of cyclic esters (lactones) is 2. The van der Waals surface area contributed by atoms with E-state index in [1.165, 1.54) is 30.4 Å². The number of benzene rings is 1. The van der Waals surface area contributed by atoms with Crippen LogP contribution in [0.2, 0.25) is 0 Å². The monoisotopic (exact) mass is 1230 g/mol. The summed E-state index contributed by atoms with van der Waals surface area (Å²) in [6.07, 6.45) is 11.5. The van der Waals surface area contributed by atoms with Gasteiger partial charge in [-0.25, -0.2) is 19.2 Å². The summed E-state index contributed by atoms with van der Waals surface area (Å²) in [6.45, 7) is 16.1. The molecule has 3 fully saturated rings. The van der Waals surface area contributed by atoms with Crippen LogP contribution in [0, 0.1) is 34.0 Å². The van der Waals surface area contributed by atoms with Gasteiger partial charge in [-0.3, -0.25) is 38.5 Å². The van der Waals surface area contributed by atoms with Gasteiger partial charge in [0.25, 0.3) is 11.8 Å². The van der Waals surface area contributed by atoms with E-state index in [4.69, 9.17) is 34.2 Å². The molecule has 2 aliphatic carbocycles. The molecule has 0 aromatic heterocycles. The molecule has 2 saturated heterocycles. The van der Waals surface area contributed by atoms with Crippen molar-refractivity contribution in [3.05, 3.63) is 77.9 Å². The Morgan fingerprint density at radius 2 is 1.51 bits per heavy atom. The van der Waals surface area contributed by atoms with Crippen LogP contribution >= 0.6 is 0 Å². The van der Waals surface area contributed by atoms with E-state index in [1.807, 2.05) is 19.9 Å². The average molecular weight is 1230 g/mol. The highest BCUT2D eigenvalue weighted by Crippen LogP contribution is 2.72. The number of rotatable bonds is 23. The summed E-state index contributed by atoms with van der Waals surface area (Å²) in [6, 6.07) is 2.43. The number of epoxide rings is 1. The molecule has 24 nitrogen and oxygen atoms in total. The van der Waals surface area contributed by atoms with Gasteiger partial charge in [-0.15, -0.1) is 0 Å². The van der Waals surface area contributed by atoms with Crippen molar-refractivity contribution in [1.82, 2.24) is 26.2 Å². The highest BCUT2D eigenvalue weighted by atomic mass is 16.6. The number of esters is 4. The molecule has 8 amide bonds. The molecule has 12 atom stereocenters. The van der Waals surface area contributed by atoms with Crippen LogP contribution in [0.1, 0.15) is 145 Å². The van der Waals surface area contributed by atoms with Crippen LogP contribution in [0.3, 0.4) is 0 Å². The van der Waals surface area contributed by atoms with Gasteiger partial charge in [0.1, 0.15) is 42.5 Å². The molecule has 24 heteroatoms. The first kappa shape index (κ1) is 67.8. The van der Waals surface area contributed by atoms with E-state index < -0.39 is 124 Å². The number of nitrogens with zero attached hydrogens (tertiary/aromatic N) is 1. The minimum Gasteiger partial charge on any atom is -0.463 e. The third-order valence-corrected chi connectivity index (χ3v) is 18.7. The third-order valence-electron chi connectivity index (χ3n) is 18.7. The maximum Gasteiger partial charge on any atom is 0.331 e. The highest BCUT2D eigenvalue weighted by Gasteiger charge is 2.83. The molecule has 88 heavy (non-hydrogen) atoms. The van der Waals surface area contributed by atoms with E-state index in [-0.39, 0.29) is 69.2 Å². The largest absolute Gasteiger partial charge is 0.463 e. The lowest BCUT2D eigenvalue weighted by Crippen LogP contribution is -2.67. The zero-order valence-electron chi connectivity index (χ0n) is 51.9. The average Bonchev–Trinajstić information content (AvgIpc) is 1.47. The summed E-state index contributed by atoms with van der Waals surface area (Å²) in [7, 11) is 0. The van der Waals surface area contributed by atoms with Gasteiger partial charge in [0, 0.05) is 61.3 Å². The minimum absolute atomic E-state index is 0.0916. The van der Waals surface area contributed by atoms with Crippen LogP contribution in [-0.2, 0) is 76.4 Å². The van der Waals surface area contributed by atoms with Crippen LogP contribution in [0.4, 0.5) is 10.5 Å². The molecule has 4 aliphatic heterocycles. The van der Waals surface area contributed by atoms with Gasteiger partial charge in [0.05, 0.1) is 42.2 Å². The molecule has 2 bridgehead atoms. The minimum atomic E-state index is -1.47. The molecule has 7 N–H and O–H groups in total. The van der Waals surface area contributed by atoms with Crippen molar-refractivity contribution in [3.63, 3.8) is 0 Å². The number of hydrogen-bond donors (Lipinski definition) is 6. The van der Waals surface area contributed by atoms with E-state index in [1.54, 1.807) is 72.7 Å². The molecule has 0 radical (unpaired) electrons. The molecule has 4 heterocycles. The first-order valence-corrected chi connectivity index (χ1v) is 30.6. The number of nitrogens with two attached hydrogens (primary N) is 1. The second kappa shape index (κ2) is 29.1. The molecular weight excluding hydrogens is 1140 g/mol. The van der Waals surface area contributed by atoms with E-state index in [0.29, 0.717) is 69.2 Å². The molecular formula is C64H87N7O17. The van der Waals surface area contributed by atoms with E-state index in [2.05, 4.69) is 26.6 Å². The van der Waals surface area contributed by atoms with Crippen LogP contribution in [0.15, 0.2) is 72.4 Å². The fourth-order valence-corrected chi connectivity index (χ4v) is 12.5. The predicted octanol–water partition coefficient (Wildman–Crippen LogP) is 5.15. The predicted molar refractivity (Wildman–Crippen MR) is 318 cm³/mol. The maximum atomic E-state index is 14.7. The van der Waals surface area contributed by atoms with Gasteiger partial charge < -0.3 is 60.7 Å². The van der Waals surface area contributed by atoms with Gasteiger partial charge in [-0.2, -0.15) is 0 Å². The standard InChI is InChI=1S/C64H87N7O17/c1-37(2)53(69-48(72)18-11-10-16-31-71-49(73)25-26-50(71)74)56(78)68-44(17-14-15-30-66-60(65)82)55(77)67-43-23-21-42(22-24-43)41(6)86-57(79)40(5)61(7,8)59(81)70-54-39(4)28-32-83-51(75)19-12-13-20-52(76)88-45-34-47-64(36-85-64)62(45,9)63(35-84-58(54)80)29-27-38(3)33-46(63)87-47/h12-13,19-26,33,37,39-41,44-47,53-54H,10-11,14-18,27-32,34-36H2,1-9H3,(H,67,77)(H,68,78)(H,69,72)(H,70,81)(H3,65,66,82)/b19-12+,20-13-/t39-,40?,41?,44+,45?,46-,47?,53?,54?,62?,63-,64+/m1/s1. The molecule has 1 saturated carbocycles. The Labute approximate surface area is 513 Å². The highest BCUT2D eigenvalue weighted by molar-refractivity contribution is 6.12. The van der Waals surface area contributed by atoms with Gasteiger partial charge >= 0.3 is 29.9 Å². The summed E-state index contributed by atoms with van der Waals surface area (Å²) < 4.78 is 36.9. The Hall–Kier alpha value is -7.73. The fourth-order valence-electron chi connectivity index (χ4n) is 12.5. The second-order valence-corrected chi connectivity index (χ2v) is 25.2. The van der Waals surface area contributed by atoms with E-state index in [9.17, 15) is 52.7 Å². The first-order valence-electron chi connectivity index (χ1n) is 30.6. The summed E-state index contributed by atoms with van der Waals surface area (Å²) in [5.41, 5.74) is 3.16. The molecule has 1 aromatic carbocycles. The van der Waals surface area contributed by atoms with Crippen LogP contribution in [0.5, 0.6) is 0 Å². The first-order chi connectivity index (χ1) is 41.6. The maximum absolute atomic E-state index is 14.7. The number of unbranched alkanes of at least 4 members (excludes halogenated alkanes) is 3. The SMILES string of the molecule is CC1=C[C@H]2OC3CC4OC(=O)/C=C\C=C\C(=O)OCC[C@@H](C)C(NC(=O)C(C)(C)C(C)C(=O)OC(C)c5ccc(NC(=O)[C@H](CCCCNC(N)=O)NC(=O)C(NC(=O)CCCCCN6C(=O)C=CC6=O)C(C)C)cc5)C(=O)OC[C@@]2(CC1)C4(C)[C@]31CO1. The third kappa shape index (κ3) is 15.6. The Morgan fingerprint density at radius 3 is 2.17 bits per heavy atom. The van der Waals surface area contributed by atoms with Gasteiger partial charge in [0.2, 0.25) is 23.6 Å². The number of amides is 8. The number of carbonyl (C=O) groups is 11. The van der Waals surface area contributed by atoms with E-state index >= 15 is 0 Å². The number of carbonyl (C=O) groups excluding carboxylic acids is 11. The Kier molecular flexibility index (Phi) is 22.4.